The number of anilines is 1. The molecule has 0 saturated carbocycles. The van der Waals surface area contributed by atoms with Crippen molar-refractivity contribution in [2.75, 3.05) is 5.32 Å². The molecule has 0 aromatic heterocycles. The van der Waals surface area contributed by atoms with Crippen LogP contribution < -0.4 is 5.32 Å². The molecule has 2 nitrogen and oxygen atoms in total. The van der Waals surface area contributed by atoms with Crippen LogP contribution in [0.15, 0.2) is 35.3 Å². The van der Waals surface area contributed by atoms with E-state index in [1.54, 1.807) is 0 Å². The highest BCUT2D eigenvalue weighted by molar-refractivity contribution is 9.10. The van der Waals surface area contributed by atoms with Crippen molar-refractivity contribution in [3.8, 4) is 0 Å². The van der Waals surface area contributed by atoms with E-state index in [1.807, 2.05) is 25.1 Å². The van der Waals surface area contributed by atoms with Crippen LogP contribution in [0.5, 0.6) is 0 Å². The molecule has 0 fully saturated rings. The van der Waals surface area contributed by atoms with Gasteiger partial charge >= 0.3 is 0 Å². The van der Waals surface area contributed by atoms with E-state index < -0.39 is 0 Å². The van der Waals surface area contributed by atoms with E-state index in [0.29, 0.717) is 0 Å². The summed E-state index contributed by atoms with van der Waals surface area (Å²) < 4.78 is 1.00. The number of nitrogens with one attached hydrogen (secondary N) is 1. The Morgan fingerprint density at radius 1 is 1.62 bits per heavy atom. The van der Waals surface area contributed by atoms with Crippen molar-refractivity contribution in [3.63, 3.8) is 0 Å². The molecule has 0 heterocycles. The van der Waals surface area contributed by atoms with Crippen LogP contribution in [0, 0.1) is 6.92 Å². The second-order valence-electron chi connectivity index (χ2n) is 2.65. The first-order chi connectivity index (χ1) is 6.13. The van der Waals surface area contributed by atoms with E-state index in [0.717, 1.165) is 15.7 Å². The zero-order chi connectivity index (χ0) is 9.84. The maximum Gasteiger partial charge on any atom is 0.247 e. The number of benzene rings is 1. The number of amides is 1. The van der Waals surface area contributed by atoms with Crippen molar-refractivity contribution in [2.24, 2.45) is 0 Å². The summed E-state index contributed by atoms with van der Waals surface area (Å²) in [5, 5.41) is 2.71. The fraction of sp³-hybridized carbons (Fsp3) is 0.100. The summed E-state index contributed by atoms with van der Waals surface area (Å²) in [4.78, 5) is 11.0. The topological polar surface area (TPSA) is 29.1 Å². The van der Waals surface area contributed by atoms with Gasteiger partial charge in [0.1, 0.15) is 0 Å². The zero-order valence-electron chi connectivity index (χ0n) is 7.30. The Balaban J connectivity index is 2.89. The fourth-order valence-corrected chi connectivity index (χ4v) is 1.43. The van der Waals surface area contributed by atoms with Crippen molar-refractivity contribution in [3.05, 3.63) is 40.9 Å². The summed E-state index contributed by atoms with van der Waals surface area (Å²) in [6, 6.07) is 5.67. The lowest BCUT2D eigenvalue weighted by molar-refractivity contribution is -0.111. The van der Waals surface area contributed by atoms with E-state index in [9.17, 15) is 4.79 Å². The summed E-state index contributed by atoms with van der Waals surface area (Å²) in [7, 11) is 0. The molecule has 0 unspecified atom stereocenters. The second-order valence-corrected chi connectivity index (χ2v) is 3.57. The molecule has 0 bridgehead atoms. The van der Waals surface area contributed by atoms with Crippen molar-refractivity contribution in [1.29, 1.82) is 0 Å². The van der Waals surface area contributed by atoms with Gasteiger partial charge in [-0.25, -0.2) is 0 Å². The SMILES string of the molecule is C=CC(=O)Nc1ccc(Br)cc1C. The highest BCUT2D eigenvalue weighted by atomic mass is 79.9. The van der Waals surface area contributed by atoms with Gasteiger partial charge in [0.05, 0.1) is 0 Å². The van der Waals surface area contributed by atoms with Crippen molar-refractivity contribution >= 4 is 27.5 Å². The molecule has 1 aromatic carbocycles. The number of hydrogen-bond donors (Lipinski definition) is 1. The van der Waals surface area contributed by atoms with E-state index in [1.165, 1.54) is 6.08 Å². The van der Waals surface area contributed by atoms with Gasteiger partial charge in [0.25, 0.3) is 0 Å². The standard InChI is InChI=1S/C10H10BrNO/c1-3-10(13)12-9-5-4-8(11)6-7(9)2/h3-6H,1H2,2H3,(H,12,13). The maximum absolute atomic E-state index is 11.0. The lowest BCUT2D eigenvalue weighted by Gasteiger charge is -2.05. The first-order valence-corrected chi connectivity index (χ1v) is 4.62. The average molecular weight is 240 g/mol. The number of carbonyl (C=O) groups excluding carboxylic acids is 1. The van der Waals surface area contributed by atoms with Gasteiger partial charge in [0, 0.05) is 10.2 Å². The lowest BCUT2D eigenvalue weighted by Crippen LogP contribution is -2.08. The molecule has 3 heteroatoms. The molecule has 1 aromatic rings. The minimum absolute atomic E-state index is 0.189. The number of carbonyl (C=O) groups is 1. The van der Waals surface area contributed by atoms with E-state index in [4.69, 9.17) is 0 Å². The molecular formula is C10H10BrNO. The van der Waals surface area contributed by atoms with Crippen LogP contribution in [0.4, 0.5) is 5.69 Å². The third kappa shape index (κ3) is 2.70. The van der Waals surface area contributed by atoms with Crippen LogP contribution in [0.1, 0.15) is 5.56 Å². The Labute approximate surface area is 85.8 Å². The van der Waals surface area contributed by atoms with Gasteiger partial charge in [-0.15, -0.1) is 0 Å². The second kappa shape index (κ2) is 4.23. The first kappa shape index (κ1) is 9.99. The van der Waals surface area contributed by atoms with E-state index >= 15 is 0 Å². The van der Waals surface area contributed by atoms with E-state index in [-0.39, 0.29) is 5.91 Å². The molecule has 68 valence electrons. The van der Waals surface area contributed by atoms with Crippen LogP contribution in [0.2, 0.25) is 0 Å². The van der Waals surface area contributed by atoms with Gasteiger partial charge in [-0.2, -0.15) is 0 Å². The third-order valence-corrected chi connectivity index (χ3v) is 2.12. The summed E-state index contributed by atoms with van der Waals surface area (Å²) >= 11 is 3.35. The smallest absolute Gasteiger partial charge is 0.247 e. The van der Waals surface area contributed by atoms with Crippen LogP contribution in [0.3, 0.4) is 0 Å². The molecule has 0 saturated heterocycles. The minimum atomic E-state index is -0.189. The predicted molar refractivity (Wildman–Crippen MR) is 57.7 cm³/mol. The Hall–Kier alpha value is -1.09. The average Bonchev–Trinajstić information content (AvgIpc) is 2.09. The Morgan fingerprint density at radius 2 is 2.31 bits per heavy atom. The maximum atomic E-state index is 11.0. The minimum Gasteiger partial charge on any atom is -0.322 e. The summed E-state index contributed by atoms with van der Waals surface area (Å²) in [6.45, 7) is 5.32. The number of rotatable bonds is 2. The molecule has 1 rings (SSSR count). The quantitative estimate of drug-likeness (QED) is 0.791. The Kier molecular flexibility index (Phi) is 3.25. The Bertz CT molecular complexity index is 347. The molecule has 13 heavy (non-hydrogen) atoms. The highest BCUT2D eigenvalue weighted by Crippen LogP contribution is 2.19. The molecule has 0 aliphatic heterocycles. The molecule has 0 aliphatic carbocycles. The lowest BCUT2D eigenvalue weighted by atomic mass is 10.2. The van der Waals surface area contributed by atoms with Crippen molar-refractivity contribution < 1.29 is 4.79 Å². The number of hydrogen-bond acceptors (Lipinski definition) is 1. The normalized spacial score (nSPS) is 9.38. The summed E-state index contributed by atoms with van der Waals surface area (Å²) in [6.07, 6.45) is 1.25. The van der Waals surface area contributed by atoms with Crippen LogP contribution in [0.25, 0.3) is 0 Å². The van der Waals surface area contributed by atoms with Gasteiger partial charge in [-0.05, 0) is 36.8 Å². The molecule has 1 N–H and O–H groups in total. The largest absolute Gasteiger partial charge is 0.322 e. The van der Waals surface area contributed by atoms with Gasteiger partial charge in [0.2, 0.25) is 5.91 Å². The molecule has 0 spiro atoms. The summed E-state index contributed by atoms with van der Waals surface area (Å²) in [5.41, 5.74) is 1.83. The van der Waals surface area contributed by atoms with Crippen LogP contribution in [-0.4, -0.2) is 5.91 Å². The predicted octanol–water partition coefficient (Wildman–Crippen LogP) is 2.88. The molecule has 0 aliphatic rings. The number of halogens is 1. The monoisotopic (exact) mass is 239 g/mol. The van der Waals surface area contributed by atoms with Gasteiger partial charge in [-0.1, -0.05) is 22.5 Å². The molecule has 1 amide bonds. The molecule has 0 atom stereocenters. The van der Waals surface area contributed by atoms with E-state index in [2.05, 4.69) is 27.8 Å². The first-order valence-electron chi connectivity index (χ1n) is 3.83. The third-order valence-electron chi connectivity index (χ3n) is 1.63. The van der Waals surface area contributed by atoms with Crippen LogP contribution in [-0.2, 0) is 4.79 Å². The highest BCUT2D eigenvalue weighted by Gasteiger charge is 2.00. The Morgan fingerprint density at radius 3 is 2.85 bits per heavy atom. The fourth-order valence-electron chi connectivity index (χ4n) is 0.951. The van der Waals surface area contributed by atoms with Gasteiger partial charge in [0.15, 0.2) is 0 Å². The van der Waals surface area contributed by atoms with Crippen LogP contribution >= 0.6 is 15.9 Å². The van der Waals surface area contributed by atoms with Gasteiger partial charge < -0.3 is 5.32 Å². The molecular weight excluding hydrogens is 230 g/mol. The summed E-state index contributed by atoms with van der Waals surface area (Å²) in [5.74, 6) is -0.189. The zero-order valence-corrected chi connectivity index (χ0v) is 8.89. The van der Waals surface area contributed by atoms with Crippen molar-refractivity contribution in [2.45, 2.75) is 6.92 Å². The number of aryl methyl sites for hydroxylation is 1. The van der Waals surface area contributed by atoms with Gasteiger partial charge in [-0.3, -0.25) is 4.79 Å². The molecule has 0 radical (unpaired) electrons. The van der Waals surface area contributed by atoms with Crippen molar-refractivity contribution in [1.82, 2.24) is 0 Å².